The maximum Gasteiger partial charge on any atom is 0.335 e. The molecule has 1 heterocycles. The lowest BCUT2D eigenvalue weighted by atomic mass is 10.1. The highest BCUT2D eigenvalue weighted by Gasteiger charge is 2.16. The first-order valence-corrected chi connectivity index (χ1v) is 9.31. The van der Waals surface area contributed by atoms with E-state index in [1.54, 1.807) is 18.2 Å². The van der Waals surface area contributed by atoms with Gasteiger partial charge in [0.2, 0.25) is 5.91 Å². The number of para-hydroxylation sites is 1. The van der Waals surface area contributed by atoms with Crippen molar-refractivity contribution in [3.05, 3.63) is 60.2 Å². The summed E-state index contributed by atoms with van der Waals surface area (Å²) in [5, 5.41) is 20.9. The molecule has 0 atom stereocenters. The second kappa shape index (κ2) is 8.50. The molecular weight excluding hydrogens is 364 g/mol. The number of anilines is 1. The maximum absolute atomic E-state index is 12.1. The second-order valence-electron chi connectivity index (χ2n) is 5.64. The van der Waals surface area contributed by atoms with Crippen LogP contribution in [0.25, 0.3) is 11.4 Å². The van der Waals surface area contributed by atoms with Crippen molar-refractivity contribution in [3.63, 3.8) is 0 Å². The third-order valence-electron chi connectivity index (χ3n) is 3.79. The van der Waals surface area contributed by atoms with Gasteiger partial charge in [0.05, 0.1) is 11.3 Å². The minimum atomic E-state index is -0.994. The van der Waals surface area contributed by atoms with Gasteiger partial charge in [-0.15, -0.1) is 10.2 Å². The lowest BCUT2D eigenvalue weighted by Crippen LogP contribution is -2.14. The summed E-state index contributed by atoms with van der Waals surface area (Å²) >= 11 is 1.29. The highest BCUT2D eigenvalue weighted by Crippen LogP contribution is 2.25. The van der Waals surface area contributed by atoms with Crippen LogP contribution >= 0.6 is 11.8 Å². The number of benzene rings is 2. The number of aromatic carboxylic acids is 1. The molecule has 0 fully saturated rings. The maximum atomic E-state index is 12.1. The Morgan fingerprint density at radius 2 is 1.89 bits per heavy atom. The molecule has 3 rings (SSSR count). The van der Waals surface area contributed by atoms with Crippen LogP contribution in [0.4, 0.5) is 5.69 Å². The Bertz CT molecular complexity index is 957. The SMILES string of the molecule is CCn1c(SCC(=O)Nc2ccccc2)nnc1-c1cccc(C(=O)O)c1. The zero-order valence-electron chi connectivity index (χ0n) is 14.6. The number of aromatic nitrogens is 3. The molecule has 0 aliphatic carbocycles. The van der Waals surface area contributed by atoms with E-state index >= 15 is 0 Å². The van der Waals surface area contributed by atoms with Crippen molar-refractivity contribution in [1.29, 1.82) is 0 Å². The monoisotopic (exact) mass is 382 g/mol. The van der Waals surface area contributed by atoms with Gasteiger partial charge >= 0.3 is 5.97 Å². The second-order valence-corrected chi connectivity index (χ2v) is 6.58. The number of nitrogens with one attached hydrogen (secondary N) is 1. The summed E-state index contributed by atoms with van der Waals surface area (Å²) in [5.74, 6) is -0.355. The van der Waals surface area contributed by atoms with Crippen LogP contribution < -0.4 is 5.32 Å². The van der Waals surface area contributed by atoms with Crippen molar-refractivity contribution in [2.45, 2.75) is 18.6 Å². The van der Waals surface area contributed by atoms with Crippen LogP contribution in [0.1, 0.15) is 17.3 Å². The first kappa shape index (κ1) is 18.7. The van der Waals surface area contributed by atoms with Crippen molar-refractivity contribution in [2.75, 3.05) is 11.1 Å². The summed E-state index contributed by atoms with van der Waals surface area (Å²) < 4.78 is 1.86. The predicted octanol–water partition coefficient (Wildman–Crippen LogP) is 3.39. The molecule has 1 aromatic heterocycles. The standard InChI is InChI=1S/C19H18N4O3S/c1-2-23-17(13-7-6-8-14(11-13)18(25)26)21-22-19(23)27-12-16(24)20-15-9-4-3-5-10-15/h3-11H,2,12H2,1H3,(H,20,24)(H,25,26). The minimum Gasteiger partial charge on any atom is -0.478 e. The molecule has 0 saturated carbocycles. The molecule has 3 aromatic rings. The minimum absolute atomic E-state index is 0.133. The summed E-state index contributed by atoms with van der Waals surface area (Å²) in [7, 11) is 0. The van der Waals surface area contributed by atoms with Gasteiger partial charge in [0.15, 0.2) is 11.0 Å². The van der Waals surface area contributed by atoms with Crippen LogP contribution in [-0.2, 0) is 11.3 Å². The first-order chi connectivity index (χ1) is 13.1. The highest BCUT2D eigenvalue weighted by molar-refractivity contribution is 7.99. The van der Waals surface area contributed by atoms with E-state index in [1.807, 2.05) is 41.8 Å². The van der Waals surface area contributed by atoms with Gasteiger partial charge in [-0.05, 0) is 31.2 Å². The zero-order valence-corrected chi connectivity index (χ0v) is 15.4. The van der Waals surface area contributed by atoms with Crippen LogP contribution in [0, 0.1) is 0 Å². The number of carboxylic acid groups (broad SMARTS) is 1. The van der Waals surface area contributed by atoms with Gasteiger partial charge in [-0.25, -0.2) is 4.79 Å². The van der Waals surface area contributed by atoms with Gasteiger partial charge < -0.3 is 15.0 Å². The number of hydrogen-bond donors (Lipinski definition) is 2. The fraction of sp³-hybridized carbons (Fsp3) is 0.158. The van der Waals surface area contributed by atoms with Gasteiger partial charge in [-0.3, -0.25) is 4.79 Å². The molecule has 2 aromatic carbocycles. The Morgan fingerprint density at radius 1 is 1.11 bits per heavy atom. The number of amides is 1. The fourth-order valence-electron chi connectivity index (χ4n) is 2.53. The smallest absolute Gasteiger partial charge is 0.335 e. The molecule has 0 spiro atoms. The van der Waals surface area contributed by atoms with Crippen LogP contribution in [0.5, 0.6) is 0 Å². The Hall–Kier alpha value is -3.13. The lowest BCUT2D eigenvalue weighted by molar-refractivity contribution is -0.113. The summed E-state index contributed by atoms with van der Waals surface area (Å²) in [4.78, 5) is 23.3. The van der Waals surface area contributed by atoms with E-state index in [0.717, 1.165) is 5.69 Å². The van der Waals surface area contributed by atoms with E-state index in [4.69, 9.17) is 5.11 Å². The molecule has 0 radical (unpaired) electrons. The number of carboxylic acids is 1. The average Bonchev–Trinajstić information content (AvgIpc) is 3.10. The van der Waals surface area contributed by atoms with Gasteiger partial charge in [0, 0.05) is 17.8 Å². The normalized spacial score (nSPS) is 10.6. The molecule has 7 nitrogen and oxygen atoms in total. The van der Waals surface area contributed by atoms with Crippen molar-refractivity contribution in [1.82, 2.24) is 14.8 Å². The number of nitrogens with zero attached hydrogens (tertiary/aromatic N) is 3. The number of hydrogen-bond acceptors (Lipinski definition) is 5. The Kier molecular flexibility index (Phi) is 5.87. The van der Waals surface area contributed by atoms with E-state index in [0.29, 0.717) is 23.1 Å². The lowest BCUT2D eigenvalue weighted by Gasteiger charge is -2.08. The zero-order chi connectivity index (χ0) is 19.2. The summed E-state index contributed by atoms with van der Waals surface area (Å²) in [6, 6.07) is 15.8. The largest absolute Gasteiger partial charge is 0.478 e. The molecule has 27 heavy (non-hydrogen) atoms. The van der Waals surface area contributed by atoms with Crippen LogP contribution in [0.2, 0.25) is 0 Å². The molecule has 0 aliphatic heterocycles. The van der Waals surface area contributed by atoms with Crippen LogP contribution in [0.15, 0.2) is 59.8 Å². The van der Waals surface area contributed by atoms with E-state index < -0.39 is 5.97 Å². The van der Waals surface area contributed by atoms with Crippen LogP contribution in [0.3, 0.4) is 0 Å². The van der Waals surface area contributed by atoms with Crippen molar-refractivity contribution < 1.29 is 14.7 Å². The van der Waals surface area contributed by atoms with Gasteiger partial charge in [0.1, 0.15) is 0 Å². The van der Waals surface area contributed by atoms with E-state index in [2.05, 4.69) is 15.5 Å². The molecule has 0 saturated heterocycles. The molecular formula is C19H18N4O3S. The summed E-state index contributed by atoms with van der Waals surface area (Å²) in [6.45, 7) is 2.55. The fourth-order valence-corrected chi connectivity index (χ4v) is 3.34. The topological polar surface area (TPSA) is 97.1 Å². The van der Waals surface area contributed by atoms with Gasteiger partial charge in [-0.1, -0.05) is 42.1 Å². The van der Waals surface area contributed by atoms with E-state index in [-0.39, 0.29) is 17.2 Å². The van der Waals surface area contributed by atoms with E-state index in [9.17, 15) is 9.59 Å². The van der Waals surface area contributed by atoms with Crippen LogP contribution in [-0.4, -0.2) is 37.5 Å². The molecule has 0 unspecified atom stereocenters. The van der Waals surface area contributed by atoms with Crippen molar-refractivity contribution >= 4 is 29.3 Å². The molecule has 0 aliphatic rings. The average molecular weight is 382 g/mol. The molecule has 8 heteroatoms. The van der Waals surface area contributed by atoms with Crippen molar-refractivity contribution in [3.8, 4) is 11.4 Å². The summed E-state index contributed by atoms with van der Waals surface area (Å²) in [5.41, 5.74) is 1.60. The Morgan fingerprint density at radius 3 is 2.59 bits per heavy atom. The Labute approximate surface area is 160 Å². The summed E-state index contributed by atoms with van der Waals surface area (Å²) in [6.07, 6.45) is 0. The Balaban J connectivity index is 1.73. The highest BCUT2D eigenvalue weighted by atomic mass is 32.2. The number of rotatable bonds is 7. The molecule has 138 valence electrons. The molecule has 2 N–H and O–H groups in total. The van der Waals surface area contributed by atoms with Crippen molar-refractivity contribution in [2.24, 2.45) is 0 Å². The van der Waals surface area contributed by atoms with Gasteiger partial charge in [-0.2, -0.15) is 0 Å². The first-order valence-electron chi connectivity index (χ1n) is 8.33. The number of carbonyl (C=O) groups excluding carboxylic acids is 1. The number of carbonyl (C=O) groups is 2. The van der Waals surface area contributed by atoms with E-state index in [1.165, 1.54) is 17.8 Å². The number of thioether (sulfide) groups is 1. The predicted molar refractivity (Wildman–Crippen MR) is 104 cm³/mol. The molecule has 1 amide bonds. The quantitative estimate of drug-likeness (QED) is 0.608. The molecule has 0 bridgehead atoms. The third kappa shape index (κ3) is 4.53. The third-order valence-corrected chi connectivity index (χ3v) is 4.76. The van der Waals surface area contributed by atoms with Gasteiger partial charge in [0.25, 0.3) is 0 Å².